The predicted octanol–water partition coefficient (Wildman–Crippen LogP) is 1.12. The molecule has 0 saturated heterocycles. The number of aliphatic hydroxyl groups excluding tert-OH is 1. The van der Waals surface area contributed by atoms with E-state index in [1.165, 1.54) is 0 Å². The van der Waals surface area contributed by atoms with E-state index >= 15 is 0 Å². The summed E-state index contributed by atoms with van der Waals surface area (Å²) in [7, 11) is 3.36. The molecule has 1 aromatic rings. The van der Waals surface area contributed by atoms with Crippen LogP contribution in [-0.4, -0.2) is 19.3 Å². The molecule has 4 N–H and O–H groups in total. The van der Waals surface area contributed by atoms with Crippen molar-refractivity contribution in [3.05, 3.63) is 17.2 Å². The number of methoxy groups -OCH3 is 1. The van der Waals surface area contributed by atoms with Gasteiger partial charge in [-0.1, -0.05) is 0 Å². The third-order valence-corrected chi connectivity index (χ3v) is 2.34. The molecule has 0 aliphatic rings. The fourth-order valence-corrected chi connectivity index (χ4v) is 1.41. The van der Waals surface area contributed by atoms with Gasteiger partial charge < -0.3 is 20.9 Å². The maximum atomic E-state index is 9.10. The quantitative estimate of drug-likeness (QED) is 0.634. The molecule has 0 aliphatic carbocycles. The van der Waals surface area contributed by atoms with Gasteiger partial charge in [0.1, 0.15) is 0 Å². The van der Waals surface area contributed by atoms with Crippen LogP contribution < -0.4 is 15.8 Å². The Morgan fingerprint density at radius 1 is 1.57 bits per heavy atom. The maximum absolute atomic E-state index is 9.10. The van der Waals surface area contributed by atoms with Crippen molar-refractivity contribution >= 4 is 11.4 Å². The molecule has 0 fully saturated rings. The van der Waals surface area contributed by atoms with Crippen LogP contribution in [0.25, 0.3) is 0 Å². The molecular weight excluding hydrogens is 180 g/mol. The van der Waals surface area contributed by atoms with Gasteiger partial charge in [0, 0.05) is 7.05 Å². The van der Waals surface area contributed by atoms with Gasteiger partial charge in [0.2, 0.25) is 0 Å². The summed E-state index contributed by atoms with van der Waals surface area (Å²) in [5.41, 5.74) is 8.91. The number of nitrogens with two attached hydrogens (primary N) is 1. The second-order valence-corrected chi connectivity index (χ2v) is 3.06. The van der Waals surface area contributed by atoms with Crippen LogP contribution in [0.2, 0.25) is 0 Å². The zero-order valence-electron chi connectivity index (χ0n) is 8.72. The van der Waals surface area contributed by atoms with E-state index in [0.717, 1.165) is 16.8 Å². The Balaban J connectivity index is 3.38. The van der Waals surface area contributed by atoms with Crippen molar-refractivity contribution in [3.8, 4) is 5.75 Å². The molecule has 0 unspecified atom stereocenters. The fourth-order valence-electron chi connectivity index (χ4n) is 1.41. The Hall–Kier alpha value is -1.42. The van der Waals surface area contributed by atoms with E-state index < -0.39 is 0 Å². The van der Waals surface area contributed by atoms with Crippen molar-refractivity contribution in [1.82, 2.24) is 0 Å². The fraction of sp³-hybridized carbons (Fsp3) is 0.400. The van der Waals surface area contributed by atoms with Crippen LogP contribution >= 0.6 is 0 Å². The lowest BCUT2D eigenvalue weighted by atomic mass is 10.1. The molecule has 4 nitrogen and oxygen atoms in total. The Kier molecular flexibility index (Phi) is 3.19. The van der Waals surface area contributed by atoms with Crippen molar-refractivity contribution in [2.75, 3.05) is 25.2 Å². The van der Waals surface area contributed by atoms with E-state index in [1.807, 2.05) is 13.0 Å². The topological polar surface area (TPSA) is 67.5 Å². The van der Waals surface area contributed by atoms with Crippen LogP contribution in [0.5, 0.6) is 5.75 Å². The van der Waals surface area contributed by atoms with Gasteiger partial charge in [0.25, 0.3) is 0 Å². The average Bonchev–Trinajstić information content (AvgIpc) is 2.21. The third kappa shape index (κ3) is 1.61. The predicted molar refractivity (Wildman–Crippen MR) is 57.6 cm³/mol. The molecule has 0 heterocycles. The molecule has 0 spiro atoms. The zero-order valence-corrected chi connectivity index (χ0v) is 8.72. The smallest absolute Gasteiger partial charge is 0.165 e. The van der Waals surface area contributed by atoms with Crippen molar-refractivity contribution in [1.29, 1.82) is 0 Å². The Bertz CT molecular complexity index is 337. The highest BCUT2D eigenvalue weighted by molar-refractivity contribution is 5.74. The van der Waals surface area contributed by atoms with Crippen LogP contribution in [0.1, 0.15) is 11.1 Å². The van der Waals surface area contributed by atoms with Gasteiger partial charge in [-0.15, -0.1) is 0 Å². The summed E-state index contributed by atoms with van der Waals surface area (Å²) in [6.07, 6.45) is 0. The molecule has 0 bridgehead atoms. The van der Waals surface area contributed by atoms with Crippen LogP contribution in [0.15, 0.2) is 6.07 Å². The normalized spacial score (nSPS) is 10.0. The van der Waals surface area contributed by atoms with E-state index in [4.69, 9.17) is 15.6 Å². The first-order chi connectivity index (χ1) is 6.65. The number of aliphatic hydroxyl groups is 1. The van der Waals surface area contributed by atoms with Gasteiger partial charge in [0.05, 0.1) is 25.1 Å². The number of anilines is 2. The molecule has 0 aromatic heterocycles. The van der Waals surface area contributed by atoms with Gasteiger partial charge >= 0.3 is 0 Å². The molecule has 1 rings (SSSR count). The van der Waals surface area contributed by atoms with Gasteiger partial charge in [-0.2, -0.15) is 0 Å². The lowest BCUT2D eigenvalue weighted by molar-refractivity contribution is 0.281. The lowest BCUT2D eigenvalue weighted by Crippen LogP contribution is -2.03. The SMILES string of the molecule is CNc1cc(CO)c(C)c(N)c1OC. The summed E-state index contributed by atoms with van der Waals surface area (Å²) >= 11 is 0. The number of rotatable bonds is 3. The molecular formula is C10H16N2O2. The molecule has 0 atom stereocenters. The number of hydrogen-bond donors (Lipinski definition) is 3. The summed E-state index contributed by atoms with van der Waals surface area (Å²) in [5.74, 6) is 0.627. The van der Waals surface area contributed by atoms with Gasteiger partial charge in [-0.05, 0) is 24.1 Å². The highest BCUT2D eigenvalue weighted by Gasteiger charge is 2.12. The minimum atomic E-state index is -0.0191. The van der Waals surface area contributed by atoms with Crippen LogP contribution in [0.4, 0.5) is 11.4 Å². The third-order valence-electron chi connectivity index (χ3n) is 2.34. The Morgan fingerprint density at radius 2 is 2.21 bits per heavy atom. The first-order valence-corrected chi connectivity index (χ1v) is 4.40. The van der Waals surface area contributed by atoms with Crippen LogP contribution in [0, 0.1) is 6.92 Å². The van der Waals surface area contributed by atoms with Gasteiger partial charge in [-0.3, -0.25) is 0 Å². The minimum absolute atomic E-state index is 0.0191. The van der Waals surface area contributed by atoms with Crippen LogP contribution in [0.3, 0.4) is 0 Å². The average molecular weight is 196 g/mol. The Labute approximate surface area is 83.7 Å². The summed E-state index contributed by atoms with van der Waals surface area (Å²) in [5, 5.41) is 12.1. The van der Waals surface area contributed by atoms with Crippen LogP contribution in [-0.2, 0) is 6.61 Å². The minimum Gasteiger partial charge on any atom is -0.492 e. The largest absolute Gasteiger partial charge is 0.492 e. The monoisotopic (exact) mass is 196 g/mol. The molecule has 0 amide bonds. The number of nitrogens with one attached hydrogen (secondary N) is 1. The highest BCUT2D eigenvalue weighted by Crippen LogP contribution is 2.35. The van der Waals surface area contributed by atoms with Crippen molar-refractivity contribution in [2.24, 2.45) is 0 Å². The van der Waals surface area contributed by atoms with E-state index in [9.17, 15) is 0 Å². The van der Waals surface area contributed by atoms with E-state index in [0.29, 0.717) is 11.4 Å². The van der Waals surface area contributed by atoms with Crippen molar-refractivity contribution in [2.45, 2.75) is 13.5 Å². The van der Waals surface area contributed by atoms with Crippen molar-refractivity contribution in [3.63, 3.8) is 0 Å². The molecule has 0 aliphatic heterocycles. The number of ether oxygens (including phenoxy) is 1. The highest BCUT2D eigenvalue weighted by atomic mass is 16.5. The first kappa shape index (κ1) is 10.7. The molecule has 1 aromatic carbocycles. The van der Waals surface area contributed by atoms with Gasteiger partial charge in [-0.25, -0.2) is 0 Å². The van der Waals surface area contributed by atoms with Crippen molar-refractivity contribution < 1.29 is 9.84 Å². The molecule has 0 saturated carbocycles. The maximum Gasteiger partial charge on any atom is 0.165 e. The summed E-state index contributed by atoms with van der Waals surface area (Å²) < 4.78 is 5.18. The molecule has 0 radical (unpaired) electrons. The van der Waals surface area contributed by atoms with Gasteiger partial charge in [0.15, 0.2) is 5.75 Å². The number of hydrogen-bond acceptors (Lipinski definition) is 4. The second kappa shape index (κ2) is 4.19. The summed E-state index contributed by atoms with van der Waals surface area (Å²) in [6, 6.07) is 1.84. The standard InChI is InChI=1S/C10H16N2O2/c1-6-7(5-13)4-8(12-2)10(14-3)9(6)11/h4,12-13H,5,11H2,1-3H3. The Morgan fingerprint density at radius 3 is 2.64 bits per heavy atom. The first-order valence-electron chi connectivity index (χ1n) is 4.40. The van der Waals surface area contributed by atoms with E-state index in [2.05, 4.69) is 5.32 Å². The van der Waals surface area contributed by atoms with E-state index in [-0.39, 0.29) is 6.61 Å². The van der Waals surface area contributed by atoms with E-state index in [1.54, 1.807) is 14.2 Å². The lowest BCUT2D eigenvalue weighted by Gasteiger charge is -2.15. The summed E-state index contributed by atoms with van der Waals surface area (Å²) in [6.45, 7) is 1.84. The molecule has 4 heteroatoms. The summed E-state index contributed by atoms with van der Waals surface area (Å²) in [4.78, 5) is 0. The zero-order chi connectivity index (χ0) is 10.7. The molecule has 14 heavy (non-hydrogen) atoms. The molecule has 78 valence electrons. The second-order valence-electron chi connectivity index (χ2n) is 3.06. The number of benzene rings is 1. The number of nitrogen functional groups attached to an aromatic ring is 1.